The number of anilines is 1. The second-order valence-electron chi connectivity index (χ2n) is 4.36. The van der Waals surface area contributed by atoms with Gasteiger partial charge in [-0.05, 0) is 27.7 Å². The summed E-state index contributed by atoms with van der Waals surface area (Å²) in [5.41, 5.74) is 3.17. The van der Waals surface area contributed by atoms with Crippen molar-refractivity contribution in [2.24, 2.45) is 5.84 Å². The number of ether oxygens (including phenoxy) is 1. The van der Waals surface area contributed by atoms with Gasteiger partial charge in [-0.25, -0.2) is 15.8 Å². The van der Waals surface area contributed by atoms with Crippen LogP contribution in [0.25, 0.3) is 0 Å². The molecule has 1 heterocycles. The molecule has 0 atom stereocenters. The Kier molecular flexibility index (Phi) is 3.60. The summed E-state index contributed by atoms with van der Waals surface area (Å²) in [5.74, 6) is 6.53. The van der Waals surface area contributed by atoms with Crippen LogP contribution in [0.1, 0.15) is 32.3 Å². The molecule has 5 nitrogen and oxygen atoms in total. The molecule has 0 saturated heterocycles. The number of nitrogens with one attached hydrogen (secondary N) is 1. The number of aromatic nitrogens is 2. The number of rotatable bonds is 3. The first-order chi connectivity index (χ1) is 6.90. The first-order valence-corrected chi connectivity index (χ1v) is 4.86. The molecule has 15 heavy (non-hydrogen) atoms. The van der Waals surface area contributed by atoms with E-state index >= 15 is 0 Å². The molecule has 1 aromatic rings. The van der Waals surface area contributed by atoms with E-state index < -0.39 is 0 Å². The number of hydrogen-bond acceptors (Lipinski definition) is 5. The van der Waals surface area contributed by atoms with Crippen molar-refractivity contribution >= 4 is 5.82 Å². The molecule has 84 valence electrons. The fourth-order valence-electron chi connectivity index (χ4n) is 1.05. The fourth-order valence-corrected chi connectivity index (χ4v) is 1.05. The number of hydrazine groups is 1. The minimum atomic E-state index is -0.191. The van der Waals surface area contributed by atoms with Gasteiger partial charge in [-0.1, -0.05) is 0 Å². The molecule has 0 unspecified atom stereocenters. The Balaban J connectivity index is 2.73. The Morgan fingerprint density at radius 2 is 2.07 bits per heavy atom. The van der Waals surface area contributed by atoms with Crippen molar-refractivity contribution in [3.05, 3.63) is 17.6 Å². The molecule has 0 aliphatic carbocycles. The highest BCUT2D eigenvalue weighted by atomic mass is 16.5. The van der Waals surface area contributed by atoms with Crippen molar-refractivity contribution in [3.63, 3.8) is 0 Å². The number of nitrogens with zero attached hydrogens (tertiary/aromatic N) is 2. The maximum atomic E-state index is 5.58. The van der Waals surface area contributed by atoms with Gasteiger partial charge in [0.2, 0.25) is 0 Å². The number of aryl methyl sites for hydroxylation is 1. The lowest BCUT2D eigenvalue weighted by Gasteiger charge is -2.19. The van der Waals surface area contributed by atoms with Crippen molar-refractivity contribution in [2.75, 3.05) is 5.43 Å². The Bertz CT molecular complexity index is 333. The van der Waals surface area contributed by atoms with Gasteiger partial charge in [-0.3, -0.25) is 0 Å². The minimum Gasteiger partial charge on any atom is -0.368 e. The van der Waals surface area contributed by atoms with Gasteiger partial charge in [0.05, 0.1) is 5.60 Å². The van der Waals surface area contributed by atoms with Crippen LogP contribution < -0.4 is 11.3 Å². The zero-order chi connectivity index (χ0) is 11.5. The summed E-state index contributed by atoms with van der Waals surface area (Å²) in [5, 5.41) is 0. The van der Waals surface area contributed by atoms with Gasteiger partial charge in [-0.2, -0.15) is 0 Å². The summed E-state index contributed by atoms with van der Waals surface area (Å²) in [6.07, 6.45) is 0. The van der Waals surface area contributed by atoms with Gasteiger partial charge >= 0.3 is 0 Å². The molecule has 5 heteroatoms. The Morgan fingerprint density at radius 3 is 2.60 bits per heavy atom. The molecule has 0 fully saturated rings. The van der Waals surface area contributed by atoms with Crippen LogP contribution in [0.2, 0.25) is 0 Å². The van der Waals surface area contributed by atoms with Crippen LogP contribution in [0.5, 0.6) is 0 Å². The topological polar surface area (TPSA) is 73.1 Å². The van der Waals surface area contributed by atoms with Gasteiger partial charge in [0.1, 0.15) is 12.4 Å². The second-order valence-corrected chi connectivity index (χ2v) is 4.36. The molecule has 0 radical (unpaired) electrons. The summed E-state index contributed by atoms with van der Waals surface area (Å²) in [6.45, 7) is 8.25. The predicted octanol–water partition coefficient (Wildman–Crippen LogP) is 1.39. The Hall–Kier alpha value is -1.20. The van der Waals surface area contributed by atoms with Crippen LogP contribution in [-0.4, -0.2) is 15.6 Å². The van der Waals surface area contributed by atoms with E-state index in [0.29, 0.717) is 18.2 Å². The maximum Gasteiger partial charge on any atom is 0.156 e. The van der Waals surface area contributed by atoms with Crippen LogP contribution in [0, 0.1) is 6.92 Å². The number of hydrogen-bond donors (Lipinski definition) is 2. The highest BCUT2D eigenvalue weighted by Crippen LogP contribution is 2.11. The lowest BCUT2D eigenvalue weighted by atomic mass is 10.2. The third kappa shape index (κ3) is 4.22. The van der Waals surface area contributed by atoms with Crippen LogP contribution in [0.3, 0.4) is 0 Å². The third-order valence-corrected chi connectivity index (χ3v) is 1.68. The fraction of sp³-hybridized carbons (Fsp3) is 0.600. The minimum absolute atomic E-state index is 0.191. The van der Waals surface area contributed by atoms with Crippen molar-refractivity contribution in [1.29, 1.82) is 0 Å². The zero-order valence-electron chi connectivity index (χ0n) is 9.66. The average Bonchev–Trinajstić information content (AvgIpc) is 2.13. The number of nitrogens with two attached hydrogens (primary N) is 1. The van der Waals surface area contributed by atoms with E-state index in [0.717, 1.165) is 5.69 Å². The molecule has 0 amide bonds. The predicted molar refractivity (Wildman–Crippen MR) is 59.1 cm³/mol. The molecular formula is C10H18N4O. The van der Waals surface area contributed by atoms with Gasteiger partial charge < -0.3 is 10.2 Å². The van der Waals surface area contributed by atoms with E-state index in [-0.39, 0.29) is 5.60 Å². The molecule has 3 N–H and O–H groups in total. The van der Waals surface area contributed by atoms with Crippen LogP contribution >= 0.6 is 0 Å². The van der Waals surface area contributed by atoms with Crippen LogP contribution in [0.15, 0.2) is 6.07 Å². The molecule has 0 aliphatic rings. The summed E-state index contributed by atoms with van der Waals surface area (Å²) < 4.78 is 5.58. The Labute approximate surface area is 90.0 Å². The summed E-state index contributed by atoms with van der Waals surface area (Å²) >= 11 is 0. The van der Waals surface area contributed by atoms with Crippen molar-refractivity contribution in [1.82, 2.24) is 9.97 Å². The standard InChI is InChI=1S/C10H18N4O/c1-7-5-8(14-11)13-9(12-7)6-15-10(2,3)4/h5H,6,11H2,1-4H3,(H,12,13,14). The molecule has 0 bridgehead atoms. The lowest BCUT2D eigenvalue weighted by molar-refractivity contribution is -0.0181. The van der Waals surface area contributed by atoms with Gasteiger partial charge in [0.25, 0.3) is 0 Å². The molecule has 0 aliphatic heterocycles. The maximum absolute atomic E-state index is 5.58. The largest absolute Gasteiger partial charge is 0.368 e. The summed E-state index contributed by atoms with van der Waals surface area (Å²) in [4.78, 5) is 8.44. The van der Waals surface area contributed by atoms with E-state index in [1.54, 1.807) is 6.07 Å². The smallest absolute Gasteiger partial charge is 0.156 e. The van der Waals surface area contributed by atoms with Crippen molar-refractivity contribution in [3.8, 4) is 0 Å². The molecule has 0 saturated carbocycles. The molecule has 0 aromatic carbocycles. The van der Waals surface area contributed by atoms with Crippen LogP contribution in [0.4, 0.5) is 5.82 Å². The third-order valence-electron chi connectivity index (χ3n) is 1.68. The first kappa shape index (κ1) is 11.9. The molecular weight excluding hydrogens is 192 g/mol. The van der Waals surface area contributed by atoms with E-state index in [1.807, 2.05) is 27.7 Å². The lowest BCUT2D eigenvalue weighted by Crippen LogP contribution is -2.20. The summed E-state index contributed by atoms with van der Waals surface area (Å²) in [7, 11) is 0. The normalized spacial score (nSPS) is 11.5. The van der Waals surface area contributed by atoms with E-state index in [9.17, 15) is 0 Å². The zero-order valence-corrected chi connectivity index (χ0v) is 9.66. The van der Waals surface area contributed by atoms with Gasteiger partial charge in [-0.15, -0.1) is 0 Å². The molecule has 0 spiro atoms. The van der Waals surface area contributed by atoms with E-state index in [4.69, 9.17) is 10.6 Å². The number of nitrogen functional groups attached to an aromatic ring is 1. The summed E-state index contributed by atoms with van der Waals surface area (Å²) in [6, 6.07) is 1.78. The van der Waals surface area contributed by atoms with Crippen molar-refractivity contribution in [2.45, 2.75) is 39.9 Å². The van der Waals surface area contributed by atoms with E-state index in [1.165, 1.54) is 0 Å². The first-order valence-electron chi connectivity index (χ1n) is 4.86. The highest BCUT2D eigenvalue weighted by Gasteiger charge is 2.11. The Morgan fingerprint density at radius 1 is 1.40 bits per heavy atom. The SMILES string of the molecule is Cc1cc(NN)nc(COC(C)(C)C)n1. The molecule has 1 rings (SSSR count). The highest BCUT2D eigenvalue weighted by molar-refractivity contribution is 5.33. The van der Waals surface area contributed by atoms with E-state index in [2.05, 4.69) is 15.4 Å². The molecule has 1 aromatic heterocycles. The quantitative estimate of drug-likeness (QED) is 0.582. The van der Waals surface area contributed by atoms with Crippen molar-refractivity contribution < 1.29 is 4.74 Å². The monoisotopic (exact) mass is 210 g/mol. The second kappa shape index (κ2) is 4.55. The average molecular weight is 210 g/mol. The van der Waals surface area contributed by atoms with Gasteiger partial charge in [0.15, 0.2) is 5.82 Å². The van der Waals surface area contributed by atoms with Crippen LogP contribution in [-0.2, 0) is 11.3 Å². The van der Waals surface area contributed by atoms with Gasteiger partial charge in [0, 0.05) is 11.8 Å².